The molecule has 0 aromatic heterocycles. The first kappa shape index (κ1) is 30.7. The fourth-order valence-electron chi connectivity index (χ4n) is 5.83. The molecule has 2 aromatic rings. The van der Waals surface area contributed by atoms with Crippen molar-refractivity contribution in [2.24, 2.45) is 0 Å². The van der Waals surface area contributed by atoms with Crippen LogP contribution in [0.4, 0.5) is 26.7 Å². The van der Waals surface area contributed by atoms with Gasteiger partial charge in [-0.1, -0.05) is 18.6 Å². The van der Waals surface area contributed by atoms with Gasteiger partial charge in [0.05, 0.1) is 0 Å². The average molecular weight is 582 g/mol. The molecule has 2 N–H and O–H groups in total. The Morgan fingerprint density at radius 1 is 0.951 bits per heavy atom. The number of carbonyl (C=O) groups excluding carboxylic acids is 2. The number of alkyl carbamates (subject to hydrolysis) is 1. The molecule has 1 saturated heterocycles. The van der Waals surface area contributed by atoms with Crippen LogP contribution in [0.25, 0.3) is 11.1 Å². The number of hydrogen-bond acceptors (Lipinski definition) is 4. The van der Waals surface area contributed by atoms with Gasteiger partial charge in [0.15, 0.2) is 0 Å². The quantitative estimate of drug-likeness (QED) is 0.293. The lowest BCUT2D eigenvalue weighted by Crippen LogP contribution is -2.47. The molecule has 0 radical (unpaired) electrons. The highest BCUT2D eigenvalue weighted by molar-refractivity contribution is 6.00. The fourth-order valence-corrected chi connectivity index (χ4v) is 5.83. The van der Waals surface area contributed by atoms with Crippen LogP contribution in [0.2, 0.25) is 0 Å². The molecule has 224 valence electrons. The third kappa shape index (κ3) is 7.36. The molecule has 1 heterocycles. The molecule has 0 saturated carbocycles. The number of piperidine rings is 1. The summed E-state index contributed by atoms with van der Waals surface area (Å²) >= 11 is 0. The van der Waals surface area contributed by atoms with Crippen LogP contribution in [0.1, 0.15) is 64.0 Å². The first-order chi connectivity index (χ1) is 19.2. The van der Waals surface area contributed by atoms with E-state index in [0.29, 0.717) is 41.6 Å². The number of likely N-dealkylation sites (tertiary alicyclic amines) is 1. The first-order valence-electron chi connectivity index (χ1n) is 13.9. The standard InChI is InChI=1S/C30H36F5N3O3/c1-28(2,3)41-27(40)37-21-10-14-38(15-11-21)13-5-4-12-29(26(39)36-18-30(33,34)35)24-8-6-19(31)16-22(24)23-17-20(32)7-9-25(23)29/h6-9,16-17,21H,4-5,10-15,18H2,1-3H3,(H,36,39)(H,37,40). The minimum Gasteiger partial charge on any atom is -0.444 e. The van der Waals surface area contributed by atoms with Crippen molar-refractivity contribution in [1.82, 2.24) is 15.5 Å². The maximum Gasteiger partial charge on any atom is 0.407 e. The van der Waals surface area contributed by atoms with Crippen LogP contribution >= 0.6 is 0 Å². The molecular formula is C30H36F5N3O3. The summed E-state index contributed by atoms with van der Waals surface area (Å²) in [5.41, 5.74) is -0.736. The molecule has 2 amide bonds. The van der Waals surface area contributed by atoms with Crippen LogP contribution in [0, 0.1) is 11.6 Å². The summed E-state index contributed by atoms with van der Waals surface area (Å²) < 4.78 is 72.9. The number of halogens is 5. The van der Waals surface area contributed by atoms with Crippen molar-refractivity contribution in [1.29, 1.82) is 0 Å². The molecule has 0 spiro atoms. The molecular weight excluding hydrogens is 545 g/mol. The van der Waals surface area contributed by atoms with E-state index in [1.807, 2.05) is 5.32 Å². The molecule has 0 bridgehead atoms. The summed E-state index contributed by atoms with van der Waals surface area (Å²) in [6.45, 7) is 6.11. The van der Waals surface area contributed by atoms with E-state index in [2.05, 4.69) is 10.2 Å². The van der Waals surface area contributed by atoms with E-state index >= 15 is 0 Å². The summed E-state index contributed by atoms with van der Waals surface area (Å²) in [6.07, 6.45) is -2.24. The number of ether oxygens (including phenoxy) is 1. The third-order valence-corrected chi connectivity index (χ3v) is 7.59. The van der Waals surface area contributed by atoms with Crippen molar-refractivity contribution in [2.45, 2.75) is 76.1 Å². The smallest absolute Gasteiger partial charge is 0.407 e. The number of unbranched alkanes of at least 4 members (excludes halogenated alkanes) is 1. The molecule has 4 rings (SSSR count). The Morgan fingerprint density at radius 3 is 2.02 bits per heavy atom. The number of amides is 2. The van der Waals surface area contributed by atoms with Crippen LogP contribution in [0.5, 0.6) is 0 Å². The van der Waals surface area contributed by atoms with E-state index in [9.17, 15) is 31.5 Å². The van der Waals surface area contributed by atoms with Crippen molar-refractivity contribution in [2.75, 3.05) is 26.2 Å². The van der Waals surface area contributed by atoms with Gasteiger partial charge in [-0.15, -0.1) is 0 Å². The summed E-state index contributed by atoms with van der Waals surface area (Å²) in [4.78, 5) is 27.9. The molecule has 0 unspecified atom stereocenters. The van der Waals surface area contributed by atoms with E-state index in [-0.39, 0.29) is 12.5 Å². The fraction of sp³-hybridized carbons (Fsp3) is 0.533. The highest BCUT2D eigenvalue weighted by Gasteiger charge is 2.49. The molecule has 2 aromatic carbocycles. The zero-order valence-electron chi connectivity index (χ0n) is 23.5. The predicted octanol–water partition coefficient (Wildman–Crippen LogP) is 6.07. The number of nitrogens with one attached hydrogen (secondary N) is 2. The van der Waals surface area contributed by atoms with E-state index in [0.717, 1.165) is 25.9 Å². The number of fused-ring (bicyclic) bond motifs is 3. The van der Waals surface area contributed by atoms with E-state index < -0.39 is 47.4 Å². The number of hydrogen-bond donors (Lipinski definition) is 2. The molecule has 2 aliphatic rings. The molecule has 41 heavy (non-hydrogen) atoms. The number of rotatable bonds is 8. The van der Waals surface area contributed by atoms with Gasteiger partial charge in [0.2, 0.25) is 5.91 Å². The molecule has 1 aliphatic carbocycles. The molecule has 1 fully saturated rings. The zero-order chi connectivity index (χ0) is 30.0. The van der Waals surface area contributed by atoms with Crippen LogP contribution in [-0.4, -0.2) is 60.9 Å². The predicted molar refractivity (Wildman–Crippen MR) is 144 cm³/mol. The average Bonchev–Trinajstić information content (AvgIpc) is 3.13. The van der Waals surface area contributed by atoms with Gasteiger partial charge in [-0.3, -0.25) is 4.79 Å². The summed E-state index contributed by atoms with van der Waals surface area (Å²) in [6, 6.07) is 7.57. The Bertz CT molecular complexity index is 1220. The highest BCUT2D eigenvalue weighted by atomic mass is 19.4. The second-order valence-corrected chi connectivity index (χ2v) is 11.8. The highest BCUT2D eigenvalue weighted by Crippen LogP contribution is 2.52. The second kappa shape index (κ2) is 12.0. The minimum absolute atomic E-state index is 0.00832. The summed E-state index contributed by atoms with van der Waals surface area (Å²) in [5, 5.41) is 4.94. The third-order valence-electron chi connectivity index (χ3n) is 7.59. The second-order valence-electron chi connectivity index (χ2n) is 11.8. The molecule has 0 atom stereocenters. The molecule has 11 heteroatoms. The Labute approximate surface area is 236 Å². The van der Waals surface area contributed by atoms with Gasteiger partial charge in [0.25, 0.3) is 0 Å². The van der Waals surface area contributed by atoms with Crippen molar-refractivity contribution < 1.29 is 36.3 Å². The van der Waals surface area contributed by atoms with E-state index in [1.54, 1.807) is 20.8 Å². The maximum absolute atomic E-state index is 14.2. The van der Waals surface area contributed by atoms with Crippen LogP contribution < -0.4 is 10.6 Å². The molecule has 1 aliphatic heterocycles. The van der Waals surface area contributed by atoms with Crippen molar-refractivity contribution in [3.05, 3.63) is 59.2 Å². The summed E-state index contributed by atoms with van der Waals surface area (Å²) in [5.74, 6) is -2.02. The van der Waals surface area contributed by atoms with E-state index in [4.69, 9.17) is 4.74 Å². The van der Waals surface area contributed by atoms with Gasteiger partial charge in [0.1, 0.15) is 29.2 Å². The van der Waals surface area contributed by atoms with Crippen LogP contribution in [0.3, 0.4) is 0 Å². The van der Waals surface area contributed by atoms with Crippen LogP contribution in [-0.2, 0) is 14.9 Å². The summed E-state index contributed by atoms with van der Waals surface area (Å²) in [7, 11) is 0. The lowest BCUT2D eigenvalue weighted by atomic mass is 9.73. The van der Waals surface area contributed by atoms with Gasteiger partial charge in [-0.05, 0) is 99.5 Å². The Morgan fingerprint density at radius 2 is 1.51 bits per heavy atom. The number of nitrogens with zero attached hydrogens (tertiary/aromatic N) is 1. The van der Waals surface area contributed by atoms with Crippen LogP contribution in [0.15, 0.2) is 36.4 Å². The van der Waals surface area contributed by atoms with Gasteiger partial charge in [0, 0.05) is 19.1 Å². The Balaban J connectivity index is 1.44. The monoisotopic (exact) mass is 581 g/mol. The van der Waals surface area contributed by atoms with Crippen molar-refractivity contribution in [3.63, 3.8) is 0 Å². The lowest BCUT2D eigenvalue weighted by Gasteiger charge is -2.34. The van der Waals surface area contributed by atoms with Gasteiger partial charge in [-0.2, -0.15) is 13.2 Å². The largest absolute Gasteiger partial charge is 0.444 e. The zero-order valence-corrected chi connectivity index (χ0v) is 23.5. The molecule has 6 nitrogen and oxygen atoms in total. The van der Waals surface area contributed by atoms with Gasteiger partial charge < -0.3 is 20.3 Å². The first-order valence-corrected chi connectivity index (χ1v) is 13.9. The number of carbonyl (C=O) groups is 2. The normalized spacial score (nSPS) is 17.1. The SMILES string of the molecule is CC(C)(C)OC(=O)NC1CCN(CCCCC2(C(=O)NCC(F)(F)F)c3ccc(F)cc3-c3cc(F)ccc32)CC1. The number of benzene rings is 2. The Hall–Kier alpha value is -3.21. The minimum atomic E-state index is -4.61. The number of alkyl halides is 3. The lowest BCUT2D eigenvalue weighted by molar-refractivity contribution is -0.141. The van der Waals surface area contributed by atoms with E-state index in [1.165, 1.54) is 36.4 Å². The van der Waals surface area contributed by atoms with Crippen molar-refractivity contribution >= 4 is 12.0 Å². The topological polar surface area (TPSA) is 70.7 Å². The van der Waals surface area contributed by atoms with Gasteiger partial charge >= 0.3 is 12.3 Å². The Kier molecular flexibility index (Phi) is 8.96. The maximum atomic E-state index is 14.2. The van der Waals surface area contributed by atoms with Crippen molar-refractivity contribution in [3.8, 4) is 11.1 Å². The van der Waals surface area contributed by atoms with Gasteiger partial charge in [-0.25, -0.2) is 13.6 Å².